The standard InChI is InChI=1S/C17H19NO3S/c19-17(6-2-1-4-14-5-3-9-22-14)18-11-13-7-8-15-16(10-13)21-12-20-15/h3,5,7-10H,1-2,4,6,11-12H2,(H,18,19). The highest BCUT2D eigenvalue weighted by Gasteiger charge is 2.13. The van der Waals surface area contributed by atoms with Gasteiger partial charge in [0, 0.05) is 17.8 Å². The highest BCUT2D eigenvalue weighted by atomic mass is 32.1. The van der Waals surface area contributed by atoms with Crippen LogP contribution in [0.4, 0.5) is 0 Å². The predicted octanol–water partition coefficient (Wildman–Crippen LogP) is 3.51. The third-order valence-corrected chi connectivity index (χ3v) is 4.52. The number of hydrogen-bond donors (Lipinski definition) is 1. The largest absolute Gasteiger partial charge is 0.454 e. The molecule has 1 aliphatic rings. The molecular formula is C17H19NO3S. The number of carbonyl (C=O) groups excluding carboxylic acids is 1. The highest BCUT2D eigenvalue weighted by molar-refractivity contribution is 7.09. The molecule has 0 fully saturated rings. The van der Waals surface area contributed by atoms with E-state index in [1.165, 1.54) is 4.88 Å². The van der Waals surface area contributed by atoms with E-state index in [-0.39, 0.29) is 12.7 Å². The van der Waals surface area contributed by atoms with Crippen LogP contribution in [-0.4, -0.2) is 12.7 Å². The number of thiophene rings is 1. The summed E-state index contributed by atoms with van der Waals surface area (Å²) >= 11 is 1.78. The van der Waals surface area contributed by atoms with Crippen molar-refractivity contribution in [3.63, 3.8) is 0 Å². The Morgan fingerprint density at radius 1 is 1.18 bits per heavy atom. The molecule has 0 aliphatic carbocycles. The van der Waals surface area contributed by atoms with Crippen LogP contribution >= 0.6 is 11.3 Å². The van der Waals surface area contributed by atoms with Crippen LogP contribution < -0.4 is 14.8 Å². The molecular weight excluding hydrogens is 298 g/mol. The van der Waals surface area contributed by atoms with Crippen LogP contribution in [0.15, 0.2) is 35.7 Å². The van der Waals surface area contributed by atoms with E-state index in [1.807, 2.05) is 18.2 Å². The maximum atomic E-state index is 11.8. The fraction of sp³-hybridized carbons (Fsp3) is 0.353. The number of ether oxygens (including phenoxy) is 2. The second-order valence-corrected chi connectivity index (χ2v) is 6.28. The summed E-state index contributed by atoms with van der Waals surface area (Å²) in [6.45, 7) is 0.801. The number of hydrogen-bond acceptors (Lipinski definition) is 4. The number of aryl methyl sites for hydroxylation is 1. The summed E-state index contributed by atoms with van der Waals surface area (Å²) in [6.07, 6.45) is 3.62. The molecule has 0 radical (unpaired) electrons. The lowest BCUT2D eigenvalue weighted by atomic mass is 10.1. The van der Waals surface area contributed by atoms with E-state index in [0.717, 1.165) is 36.3 Å². The van der Waals surface area contributed by atoms with Gasteiger partial charge in [-0.3, -0.25) is 4.79 Å². The molecule has 1 amide bonds. The summed E-state index contributed by atoms with van der Waals surface area (Å²) in [4.78, 5) is 13.2. The van der Waals surface area contributed by atoms with Crippen molar-refractivity contribution in [2.45, 2.75) is 32.2 Å². The molecule has 1 aliphatic heterocycles. The fourth-order valence-corrected chi connectivity index (χ4v) is 3.13. The van der Waals surface area contributed by atoms with Crippen LogP contribution in [-0.2, 0) is 17.8 Å². The molecule has 4 nitrogen and oxygen atoms in total. The predicted molar refractivity (Wildman–Crippen MR) is 86.3 cm³/mol. The van der Waals surface area contributed by atoms with Crippen molar-refractivity contribution in [2.75, 3.05) is 6.79 Å². The van der Waals surface area contributed by atoms with Crippen LogP contribution in [0.2, 0.25) is 0 Å². The van der Waals surface area contributed by atoms with Gasteiger partial charge in [0.2, 0.25) is 12.7 Å². The molecule has 2 heterocycles. The van der Waals surface area contributed by atoms with Gasteiger partial charge in [0.25, 0.3) is 0 Å². The monoisotopic (exact) mass is 317 g/mol. The molecule has 2 aromatic rings. The Kier molecular flexibility index (Phi) is 4.96. The van der Waals surface area contributed by atoms with E-state index < -0.39 is 0 Å². The first kappa shape index (κ1) is 14.9. The minimum atomic E-state index is 0.101. The van der Waals surface area contributed by atoms with Gasteiger partial charge in [-0.1, -0.05) is 12.1 Å². The summed E-state index contributed by atoms with van der Waals surface area (Å²) in [5.74, 6) is 1.62. The van der Waals surface area contributed by atoms with Gasteiger partial charge in [0.05, 0.1) is 0 Å². The maximum Gasteiger partial charge on any atom is 0.231 e. The van der Waals surface area contributed by atoms with E-state index in [4.69, 9.17) is 9.47 Å². The van der Waals surface area contributed by atoms with E-state index in [9.17, 15) is 4.79 Å². The first-order valence-corrected chi connectivity index (χ1v) is 8.37. The fourth-order valence-electron chi connectivity index (χ4n) is 2.38. The smallest absolute Gasteiger partial charge is 0.231 e. The van der Waals surface area contributed by atoms with Gasteiger partial charge in [0.15, 0.2) is 11.5 Å². The molecule has 1 N–H and O–H groups in total. The summed E-state index contributed by atoms with van der Waals surface area (Å²) < 4.78 is 10.6. The zero-order valence-electron chi connectivity index (χ0n) is 12.3. The Labute approximate surface area is 134 Å². The van der Waals surface area contributed by atoms with E-state index in [2.05, 4.69) is 22.8 Å². The molecule has 3 rings (SSSR count). The maximum absolute atomic E-state index is 11.8. The summed E-state index contributed by atoms with van der Waals surface area (Å²) in [5, 5.41) is 5.04. The van der Waals surface area contributed by atoms with E-state index in [1.54, 1.807) is 11.3 Å². The minimum Gasteiger partial charge on any atom is -0.454 e. The lowest BCUT2D eigenvalue weighted by Crippen LogP contribution is -2.22. The van der Waals surface area contributed by atoms with Crippen molar-refractivity contribution in [3.8, 4) is 11.5 Å². The third kappa shape index (κ3) is 4.01. The Hall–Kier alpha value is -2.01. The van der Waals surface area contributed by atoms with E-state index in [0.29, 0.717) is 13.0 Å². The number of benzene rings is 1. The van der Waals surface area contributed by atoms with Crippen LogP contribution in [0.5, 0.6) is 11.5 Å². The van der Waals surface area contributed by atoms with Crippen molar-refractivity contribution < 1.29 is 14.3 Å². The van der Waals surface area contributed by atoms with Crippen molar-refractivity contribution >= 4 is 17.2 Å². The molecule has 0 saturated carbocycles. The van der Waals surface area contributed by atoms with Gasteiger partial charge in [-0.25, -0.2) is 0 Å². The van der Waals surface area contributed by atoms with Gasteiger partial charge < -0.3 is 14.8 Å². The molecule has 0 unspecified atom stereocenters. The number of fused-ring (bicyclic) bond motifs is 1. The Bertz CT molecular complexity index is 625. The molecule has 1 aromatic heterocycles. The first-order valence-electron chi connectivity index (χ1n) is 7.49. The van der Waals surface area contributed by atoms with Crippen molar-refractivity contribution in [1.82, 2.24) is 5.32 Å². The lowest BCUT2D eigenvalue weighted by molar-refractivity contribution is -0.121. The first-order chi connectivity index (χ1) is 10.8. The number of unbranched alkanes of at least 4 members (excludes halogenated alkanes) is 1. The third-order valence-electron chi connectivity index (χ3n) is 3.58. The second-order valence-electron chi connectivity index (χ2n) is 5.25. The van der Waals surface area contributed by atoms with Crippen LogP contribution in [0, 0.1) is 0 Å². The SMILES string of the molecule is O=C(CCCCc1cccs1)NCc1ccc2c(c1)OCO2. The Balaban J connectivity index is 1.35. The van der Waals surface area contributed by atoms with Gasteiger partial charge in [-0.15, -0.1) is 11.3 Å². The molecule has 0 spiro atoms. The number of carbonyl (C=O) groups is 1. The van der Waals surface area contributed by atoms with Gasteiger partial charge >= 0.3 is 0 Å². The minimum absolute atomic E-state index is 0.101. The molecule has 116 valence electrons. The topological polar surface area (TPSA) is 47.6 Å². The van der Waals surface area contributed by atoms with Crippen molar-refractivity contribution in [2.24, 2.45) is 0 Å². The molecule has 0 atom stereocenters. The summed E-state index contributed by atoms with van der Waals surface area (Å²) in [7, 11) is 0. The lowest BCUT2D eigenvalue weighted by Gasteiger charge is -2.06. The van der Waals surface area contributed by atoms with Gasteiger partial charge in [-0.05, 0) is 48.4 Å². The molecule has 5 heteroatoms. The van der Waals surface area contributed by atoms with Gasteiger partial charge in [0.1, 0.15) is 0 Å². The number of rotatable bonds is 7. The van der Waals surface area contributed by atoms with Crippen LogP contribution in [0.1, 0.15) is 29.7 Å². The zero-order valence-corrected chi connectivity index (χ0v) is 13.2. The quantitative estimate of drug-likeness (QED) is 0.795. The Morgan fingerprint density at radius 3 is 2.95 bits per heavy atom. The Morgan fingerprint density at radius 2 is 2.09 bits per heavy atom. The number of amides is 1. The van der Waals surface area contributed by atoms with Gasteiger partial charge in [-0.2, -0.15) is 0 Å². The molecule has 1 aromatic carbocycles. The molecule has 22 heavy (non-hydrogen) atoms. The van der Waals surface area contributed by atoms with Crippen LogP contribution in [0.25, 0.3) is 0 Å². The van der Waals surface area contributed by atoms with Crippen molar-refractivity contribution in [3.05, 3.63) is 46.2 Å². The van der Waals surface area contributed by atoms with Crippen LogP contribution in [0.3, 0.4) is 0 Å². The number of nitrogens with one attached hydrogen (secondary N) is 1. The summed E-state index contributed by atoms with van der Waals surface area (Å²) in [5.41, 5.74) is 1.02. The second kappa shape index (κ2) is 7.31. The highest BCUT2D eigenvalue weighted by Crippen LogP contribution is 2.32. The average molecular weight is 317 g/mol. The summed E-state index contributed by atoms with van der Waals surface area (Å²) in [6, 6.07) is 9.96. The van der Waals surface area contributed by atoms with Crippen molar-refractivity contribution in [1.29, 1.82) is 0 Å². The normalized spacial score (nSPS) is 12.4. The molecule has 0 bridgehead atoms. The van der Waals surface area contributed by atoms with E-state index >= 15 is 0 Å². The average Bonchev–Trinajstić information content (AvgIpc) is 3.20. The molecule has 0 saturated heterocycles. The zero-order chi connectivity index (χ0) is 15.2.